The van der Waals surface area contributed by atoms with Crippen LogP contribution in [0.2, 0.25) is 10.0 Å². The molecule has 1 heterocycles. The van der Waals surface area contributed by atoms with Crippen LogP contribution in [0.25, 0.3) is 0 Å². The Morgan fingerprint density at radius 1 is 0.941 bits per heavy atom. The van der Waals surface area contributed by atoms with Crippen molar-refractivity contribution in [2.24, 2.45) is 0 Å². The first-order valence-corrected chi connectivity index (χ1v) is 11.6. The summed E-state index contributed by atoms with van der Waals surface area (Å²) in [4.78, 5) is 14.8. The number of β-amino-alcohol motifs (C(OH)–C–C–N with tert-alkyl or cyclic N) is 1. The van der Waals surface area contributed by atoms with E-state index in [4.69, 9.17) is 27.9 Å². The number of rotatable bonds is 7. The second kappa shape index (κ2) is 10.0. The van der Waals surface area contributed by atoms with Crippen LogP contribution in [0.3, 0.4) is 0 Å². The summed E-state index contributed by atoms with van der Waals surface area (Å²) < 4.78 is 33.1. The largest absolute Gasteiger partial charge is 0.465 e. The number of benzene rings is 3. The summed E-state index contributed by atoms with van der Waals surface area (Å²) in [5, 5.41) is 12.7. The molecule has 1 saturated heterocycles. The van der Waals surface area contributed by atoms with Crippen molar-refractivity contribution in [2.75, 3.05) is 19.7 Å². The molecule has 1 aliphatic heterocycles. The van der Waals surface area contributed by atoms with Crippen LogP contribution >= 0.6 is 23.2 Å². The third-order valence-electron chi connectivity index (χ3n) is 5.97. The predicted molar refractivity (Wildman–Crippen MR) is 127 cm³/mol. The van der Waals surface area contributed by atoms with Gasteiger partial charge in [0, 0.05) is 29.2 Å². The molecule has 0 aliphatic carbocycles. The summed E-state index contributed by atoms with van der Waals surface area (Å²) >= 11 is 12.1. The minimum Gasteiger partial charge on any atom is -0.465 e. The van der Waals surface area contributed by atoms with Crippen LogP contribution in [-0.4, -0.2) is 41.3 Å². The molecule has 1 fully saturated rings. The molecule has 0 amide bonds. The smallest absolute Gasteiger partial charge is 0.316 e. The first kappa shape index (κ1) is 24.6. The molecule has 0 bridgehead atoms. The molecule has 4 rings (SSSR count). The lowest BCUT2D eigenvalue weighted by Gasteiger charge is -2.53. The molecule has 0 saturated carbocycles. The average Bonchev–Trinajstić information content (AvgIpc) is 2.75. The summed E-state index contributed by atoms with van der Waals surface area (Å²) in [5.74, 6) is -3.64. The van der Waals surface area contributed by atoms with Crippen LogP contribution < -0.4 is 0 Å². The normalized spacial score (nSPS) is 16.2. The molecule has 0 aromatic heterocycles. The van der Waals surface area contributed by atoms with Crippen LogP contribution in [0.15, 0.2) is 66.7 Å². The third kappa shape index (κ3) is 5.10. The summed E-state index contributed by atoms with van der Waals surface area (Å²) in [6, 6.07) is 17.3. The fraction of sp³-hybridized carbons (Fsp3) is 0.269. The van der Waals surface area contributed by atoms with Gasteiger partial charge < -0.3 is 9.84 Å². The molecule has 34 heavy (non-hydrogen) atoms. The van der Waals surface area contributed by atoms with Gasteiger partial charge in [0.15, 0.2) is 0 Å². The van der Waals surface area contributed by atoms with Crippen molar-refractivity contribution in [1.29, 1.82) is 0 Å². The maximum atomic E-state index is 14.0. The lowest BCUT2D eigenvalue weighted by molar-refractivity contribution is -0.168. The second-order valence-corrected chi connectivity index (χ2v) is 9.27. The van der Waals surface area contributed by atoms with E-state index in [2.05, 4.69) is 0 Å². The maximum Gasteiger partial charge on any atom is 0.316 e. The van der Waals surface area contributed by atoms with E-state index in [0.717, 1.165) is 29.3 Å². The zero-order valence-corrected chi connectivity index (χ0v) is 19.9. The topological polar surface area (TPSA) is 49.8 Å². The van der Waals surface area contributed by atoms with Gasteiger partial charge in [0.1, 0.15) is 23.2 Å². The standard InChI is InChI=1S/C26H23Cl2F2NO3/c1-2-34-25(32)23(18-11-21(29)13-22(30)12-18)26(33)14-31(15-26)24(16-3-7-19(27)8-4-16)17-5-9-20(28)10-6-17/h3-13,23-24,33H,2,14-15H2,1H3. The van der Waals surface area contributed by atoms with Gasteiger partial charge in [-0.05, 0) is 60.0 Å². The Kier molecular flexibility index (Phi) is 7.24. The van der Waals surface area contributed by atoms with Gasteiger partial charge in [0.25, 0.3) is 0 Å². The van der Waals surface area contributed by atoms with Crippen molar-refractivity contribution in [3.63, 3.8) is 0 Å². The van der Waals surface area contributed by atoms with Gasteiger partial charge in [-0.15, -0.1) is 0 Å². The van der Waals surface area contributed by atoms with E-state index in [9.17, 15) is 18.7 Å². The molecule has 3 aromatic rings. The molecular formula is C26H23Cl2F2NO3. The third-order valence-corrected chi connectivity index (χ3v) is 6.47. The first-order valence-electron chi connectivity index (χ1n) is 10.8. The van der Waals surface area contributed by atoms with Crippen LogP contribution in [0.5, 0.6) is 0 Å². The lowest BCUT2D eigenvalue weighted by Crippen LogP contribution is -2.66. The second-order valence-electron chi connectivity index (χ2n) is 8.40. The lowest BCUT2D eigenvalue weighted by atomic mass is 9.75. The van der Waals surface area contributed by atoms with Crippen LogP contribution in [0, 0.1) is 11.6 Å². The highest BCUT2D eigenvalue weighted by Gasteiger charge is 2.54. The minimum atomic E-state index is -1.58. The molecule has 1 aliphatic rings. The van der Waals surface area contributed by atoms with Crippen LogP contribution in [0.4, 0.5) is 8.78 Å². The SMILES string of the molecule is CCOC(=O)C(c1cc(F)cc(F)c1)C1(O)CN(C(c2ccc(Cl)cc2)c2ccc(Cl)cc2)C1. The summed E-state index contributed by atoms with van der Waals surface area (Å²) in [6.45, 7) is 1.86. The number of ether oxygens (including phenoxy) is 1. The van der Waals surface area contributed by atoms with Crippen molar-refractivity contribution in [3.05, 3.63) is 105 Å². The van der Waals surface area contributed by atoms with E-state index >= 15 is 0 Å². The van der Waals surface area contributed by atoms with E-state index in [1.807, 2.05) is 29.2 Å². The zero-order valence-electron chi connectivity index (χ0n) is 18.3. The van der Waals surface area contributed by atoms with Crippen molar-refractivity contribution in [3.8, 4) is 0 Å². The van der Waals surface area contributed by atoms with E-state index < -0.39 is 29.1 Å². The van der Waals surface area contributed by atoms with Gasteiger partial charge in [0.05, 0.1) is 12.6 Å². The number of carbonyl (C=O) groups is 1. The number of aliphatic hydroxyl groups is 1. The molecule has 0 spiro atoms. The Morgan fingerprint density at radius 3 is 1.85 bits per heavy atom. The number of carbonyl (C=O) groups excluding carboxylic acids is 1. The predicted octanol–water partition coefficient (Wildman–Crippen LogP) is 5.75. The fourth-order valence-electron chi connectivity index (χ4n) is 4.56. The Hall–Kier alpha value is -2.51. The van der Waals surface area contributed by atoms with Gasteiger partial charge in [-0.2, -0.15) is 0 Å². The van der Waals surface area contributed by atoms with Crippen LogP contribution in [-0.2, 0) is 9.53 Å². The molecule has 1 atom stereocenters. The van der Waals surface area contributed by atoms with Gasteiger partial charge >= 0.3 is 5.97 Å². The molecule has 0 radical (unpaired) electrons. The quantitative estimate of drug-likeness (QED) is 0.415. The Balaban J connectivity index is 1.68. The summed E-state index contributed by atoms with van der Waals surface area (Å²) in [5.41, 5.74) is 0.313. The number of esters is 1. The van der Waals surface area contributed by atoms with E-state index in [1.54, 1.807) is 31.2 Å². The fourth-order valence-corrected chi connectivity index (χ4v) is 4.81. The first-order chi connectivity index (χ1) is 16.2. The minimum absolute atomic E-state index is 0.0348. The number of hydrogen-bond acceptors (Lipinski definition) is 4. The Bertz CT molecular complexity index is 1100. The molecule has 178 valence electrons. The highest BCUT2D eigenvalue weighted by atomic mass is 35.5. The molecule has 8 heteroatoms. The van der Waals surface area contributed by atoms with Gasteiger partial charge in [-0.25, -0.2) is 8.78 Å². The van der Waals surface area contributed by atoms with E-state index in [0.29, 0.717) is 10.0 Å². The number of hydrogen-bond donors (Lipinski definition) is 1. The summed E-state index contributed by atoms with van der Waals surface area (Å²) in [6.07, 6.45) is 0. The molecule has 1 N–H and O–H groups in total. The molecule has 3 aromatic carbocycles. The van der Waals surface area contributed by atoms with Crippen LogP contribution in [0.1, 0.15) is 35.6 Å². The number of halogens is 4. The van der Waals surface area contributed by atoms with Gasteiger partial charge in [0.2, 0.25) is 0 Å². The monoisotopic (exact) mass is 505 g/mol. The van der Waals surface area contributed by atoms with Crippen molar-refractivity contribution >= 4 is 29.2 Å². The van der Waals surface area contributed by atoms with Crippen molar-refractivity contribution in [2.45, 2.75) is 24.5 Å². The molecule has 4 nitrogen and oxygen atoms in total. The van der Waals surface area contributed by atoms with Crippen molar-refractivity contribution in [1.82, 2.24) is 4.90 Å². The van der Waals surface area contributed by atoms with E-state index in [-0.39, 0.29) is 31.3 Å². The van der Waals surface area contributed by atoms with E-state index in [1.165, 1.54) is 0 Å². The maximum absolute atomic E-state index is 14.0. The Labute approximate surface area is 206 Å². The van der Waals surface area contributed by atoms with Gasteiger partial charge in [-0.3, -0.25) is 9.69 Å². The summed E-state index contributed by atoms with van der Waals surface area (Å²) in [7, 11) is 0. The molecular weight excluding hydrogens is 483 g/mol. The number of likely N-dealkylation sites (tertiary alicyclic amines) is 1. The zero-order chi connectivity index (χ0) is 24.5. The van der Waals surface area contributed by atoms with Crippen molar-refractivity contribution < 1.29 is 23.4 Å². The average molecular weight is 506 g/mol. The molecule has 1 unspecified atom stereocenters. The Morgan fingerprint density at radius 2 is 1.41 bits per heavy atom. The van der Waals surface area contributed by atoms with Gasteiger partial charge in [-0.1, -0.05) is 47.5 Å². The highest BCUT2D eigenvalue weighted by Crippen LogP contribution is 2.43. The number of nitrogens with zero attached hydrogens (tertiary/aromatic N) is 1. The highest BCUT2D eigenvalue weighted by molar-refractivity contribution is 6.30.